The topological polar surface area (TPSA) is 88.4 Å². The molecule has 3 rings (SSSR count). The van der Waals surface area contributed by atoms with Crippen LogP contribution >= 0.6 is 23.2 Å². The summed E-state index contributed by atoms with van der Waals surface area (Å²) in [6, 6.07) is 7.64. The van der Waals surface area contributed by atoms with Crippen molar-refractivity contribution in [2.45, 2.75) is 11.1 Å². The molecule has 0 radical (unpaired) electrons. The average molecular weight is 453 g/mol. The SMILES string of the molecule is O=C(NNS(=O)(=O)c1ccccc1C(F)(F)F)c1cc2cc(Cl)cc(Cl)c2o1. The van der Waals surface area contributed by atoms with Gasteiger partial charge < -0.3 is 4.42 Å². The number of hydrazine groups is 1. The van der Waals surface area contributed by atoms with E-state index in [1.807, 2.05) is 0 Å². The first-order valence-corrected chi connectivity index (χ1v) is 9.60. The van der Waals surface area contributed by atoms with Crippen molar-refractivity contribution in [3.05, 3.63) is 63.8 Å². The zero-order chi connectivity index (χ0) is 20.7. The molecule has 0 aliphatic carbocycles. The van der Waals surface area contributed by atoms with Crippen LogP contribution in [-0.4, -0.2) is 14.3 Å². The summed E-state index contributed by atoms with van der Waals surface area (Å²) in [5.74, 6) is -1.37. The highest BCUT2D eigenvalue weighted by molar-refractivity contribution is 7.89. The Hall–Kier alpha value is -2.27. The second-order valence-electron chi connectivity index (χ2n) is 5.47. The maximum atomic E-state index is 13.0. The van der Waals surface area contributed by atoms with Crippen molar-refractivity contribution >= 4 is 50.1 Å². The van der Waals surface area contributed by atoms with Crippen molar-refractivity contribution in [1.29, 1.82) is 0 Å². The number of hydrogen-bond donors (Lipinski definition) is 2. The van der Waals surface area contributed by atoms with E-state index in [1.165, 1.54) is 18.2 Å². The first-order valence-electron chi connectivity index (χ1n) is 7.36. The number of alkyl halides is 3. The predicted molar refractivity (Wildman–Crippen MR) is 95.5 cm³/mol. The summed E-state index contributed by atoms with van der Waals surface area (Å²) in [5.41, 5.74) is 0.564. The standard InChI is InChI=1S/C16H9Cl2F3N2O4S/c17-9-5-8-6-12(27-14(8)11(18)7-9)15(24)22-23-28(25,26)13-4-2-1-3-10(13)16(19,20)21/h1-7,23H,(H,22,24). The quantitative estimate of drug-likeness (QED) is 0.574. The van der Waals surface area contributed by atoms with Crippen LogP contribution in [0.15, 0.2) is 51.8 Å². The largest absolute Gasteiger partial charge is 0.449 e. The van der Waals surface area contributed by atoms with Crippen LogP contribution in [0.25, 0.3) is 11.0 Å². The molecule has 28 heavy (non-hydrogen) atoms. The van der Waals surface area contributed by atoms with Crippen LogP contribution in [0.4, 0.5) is 13.2 Å². The number of benzene rings is 2. The van der Waals surface area contributed by atoms with Gasteiger partial charge in [0.25, 0.3) is 10.0 Å². The van der Waals surface area contributed by atoms with Crippen LogP contribution in [0.1, 0.15) is 16.1 Å². The lowest BCUT2D eigenvalue weighted by Gasteiger charge is -2.13. The average Bonchev–Trinajstić information content (AvgIpc) is 3.03. The lowest BCUT2D eigenvalue weighted by Crippen LogP contribution is -2.42. The second-order valence-corrected chi connectivity index (χ2v) is 7.96. The van der Waals surface area contributed by atoms with Gasteiger partial charge in [0.2, 0.25) is 0 Å². The summed E-state index contributed by atoms with van der Waals surface area (Å²) in [6.45, 7) is 0. The Morgan fingerprint density at radius 2 is 1.75 bits per heavy atom. The first kappa shape index (κ1) is 20.5. The van der Waals surface area contributed by atoms with E-state index in [-0.39, 0.29) is 21.4 Å². The van der Waals surface area contributed by atoms with Gasteiger partial charge in [0.05, 0.1) is 15.5 Å². The van der Waals surface area contributed by atoms with Gasteiger partial charge in [0, 0.05) is 10.4 Å². The Kier molecular flexibility index (Phi) is 5.32. The molecule has 6 nitrogen and oxygen atoms in total. The minimum atomic E-state index is -4.90. The number of amides is 1. The summed E-state index contributed by atoms with van der Waals surface area (Å²) in [5, 5.41) is 0.795. The highest BCUT2D eigenvalue weighted by Gasteiger charge is 2.37. The number of halogens is 5. The number of hydrogen-bond acceptors (Lipinski definition) is 4. The minimum absolute atomic E-state index is 0.126. The van der Waals surface area contributed by atoms with Crippen molar-refractivity contribution in [3.63, 3.8) is 0 Å². The van der Waals surface area contributed by atoms with E-state index in [2.05, 4.69) is 0 Å². The van der Waals surface area contributed by atoms with Gasteiger partial charge in [-0.05, 0) is 30.3 Å². The highest BCUT2D eigenvalue weighted by atomic mass is 35.5. The van der Waals surface area contributed by atoms with Crippen molar-refractivity contribution in [2.24, 2.45) is 0 Å². The monoisotopic (exact) mass is 452 g/mol. The van der Waals surface area contributed by atoms with E-state index in [9.17, 15) is 26.4 Å². The van der Waals surface area contributed by atoms with Crippen LogP contribution in [0, 0.1) is 0 Å². The van der Waals surface area contributed by atoms with Gasteiger partial charge >= 0.3 is 12.1 Å². The first-order chi connectivity index (χ1) is 13.0. The molecular weight excluding hydrogens is 444 g/mol. The van der Waals surface area contributed by atoms with Gasteiger partial charge in [-0.2, -0.15) is 13.2 Å². The normalized spacial score (nSPS) is 12.3. The summed E-state index contributed by atoms with van der Waals surface area (Å²) in [4.78, 5) is 12.7. The number of nitrogens with one attached hydrogen (secondary N) is 2. The van der Waals surface area contributed by atoms with E-state index in [1.54, 1.807) is 10.3 Å². The predicted octanol–water partition coefficient (Wildman–Crippen LogP) is 4.38. The third-order valence-electron chi connectivity index (χ3n) is 3.54. The van der Waals surface area contributed by atoms with Gasteiger partial charge in [0.1, 0.15) is 0 Å². The third-order valence-corrected chi connectivity index (χ3v) is 5.35. The van der Waals surface area contributed by atoms with Crippen LogP contribution in [0.5, 0.6) is 0 Å². The molecule has 0 aliphatic heterocycles. The molecule has 0 bridgehead atoms. The molecule has 2 N–H and O–H groups in total. The molecule has 1 aromatic heterocycles. The fourth-order valence-corrected chi connectivity index (χ4v) is 3.97. The number of furan rings is 1. The second kappa shape index (κ2) is 7.28. The van der Waals surface area contributed by atoms with E-state index in [4.69, 9.17) is 27.6 Å². The fraction of sp³-hybridized carbons (Fsp3) is 0.0625. The van der Waals surface area contributed by atoms with Gasteiger partial charge in [-0.15, -0.1) is 4.83 Å². The molecule has 2 aromatic carbocycles. The zero-order valence-electron chi connectivity index (χ0n) is 13.5. The van der Waals surface area contributed by atoms with Crippen LogP contribution in [0.3, 0.4) is 0 Å². The summed E-state index contributed by atoms with van der Waals surface area (Å²) >= 11 is 11.8. The smallest absolute Gasteiger partial charge is 0.417 e. The van der Waals surface area contributed by atoms with E-state index in [0.717, 1.165) is 18.2 Å². The zero-order valence-corrected chi connectivity index (χ0v) is 15.8. The number of carbonyl (C=O) groups is 1. The molecule has 0 atom stereocenters. The molecule has 0 fully saturated rings. The van der Waals surface area contributed by atoms with E-state index in [0.29, 0.717) is 11.5 Å². The molecule has 0 spiro atoms. The summed E-state index contributed by atoms with van der Waals surface area (Å²) < 4.78 is 68.7. The molecular formula is C16H9Cl2F3N2O4S. The van der Waals surface area contributed by atoms with Crippen molar-refractivity contribution in [2.75, 3.05) is 0 Å². The maximum Gasteiger partial charge on any atom is 0.417 e. The van der Waals surface area contributed by atoms with Crippen LogP contribution in [-0.2, 0) is 16.2 Å². The lowest BCUT2D eigenvalue weighted by atomic mass is 10.2. The Labute approximate surface area is 166 Å². The molecule has 148 valence electrons. The van der Waals surface area contributed by atoms with Gasteiger partial charge in [-0.3, -0.25) is 10.2 Å². The Morgan fingerprint density at radius 1 is 1.07 bits per heavy atom. The van der Waals surface area contributed by atoms with Crippen LogP contribution in [0.2, 0.25) is 10.0 Å². The number of sulfonamides is 1. The van der Waals surface area contributed by atoms with E-state index < -0.39 is 32.6 Å². The van der Waals surface area contributed by atoms with E-state index >= 15 is 0 Å². The van der Waals surface area contributed by atoms with Gasteiger partial charge in [0.15, 0.2) is 11.3 Å². The Bertz CT molecular complexity index is 1180. The number of fused-ring (bicyclic) bond motifs is 1. The molecule has 1 amide bonds. The maximum absolute atomic E-state index is 13.0. The Morgan fingerprint density at radius 3 is 2.43 bits per heavy atom. The Balaban J connectivity index is 1.84. The molecule has 12 heteroatoms. The van der Waals surface area contributed by atoms with Crippen molar-refractivity contribution < 1.29 is 30.8 Å². The third kappa shape index (κ3) is 4.09. The van der Waals surface area contributed by atoms with Crippen LogP contribution < -0.4 is 10.3 Å². The molecule has 1 heterocycles. The summed E-state index contributed by atoms with van der Waals surface area (Å²) in [6.07, 6.45) is -4.90. The van der Waals surface area contributed by atoms with Crippen molar-refractivity contribution in [3.8, 4) is 0 Å². The molecule has 0 aliphatic rings. The van der Waals surface area contributed by atoms with Crippen molar-refractivity contribution in [1.82, 2.24) is 10.3 Å². The molecule has 0 saturated carbocycles. The lowest BCUT2D eigenvalue weighted by molar-refractivity contribution is -0.139. The fourth-order valence-electron chi connectivity index (χ4n) is 2.35. The number of carbonyl (C=O) groups excluding carboxylic acids is 1. The van der Waals surface area contributed by atoms with Gasteiger partial charge in [-0.25, -0.2) is 8.42 Å². The molecule has 0 saturated heterocycles. The van der Waals surface area contributed by atoms with Gasteiger partial charge in [-0.1, -0.05) is 35.3 Å². The molecule has 0 unspecified atom stereocenters. The number of rotatable bonds is 4. The molecule has 3 aromatic rings. The minimum Gasteiger partial charge on any atom is -0.449 e. The summed E-state index contributed by atoms with van der Waals surface area (Å²) in [7, 11) is -4.71. The highest BCUT2D eigenvalue weighted by Crippen LogP contribution is 2.34.